The minimum absolute atomic E-state index is 0.00988. The molecule has 0 N–H and O–H groups in total. The number of benzene rings is 5. The van der Waals surface area contributed by atoms with E-state index in [1.807, 2.05) is 12.1 Å². The number of hydrogen-bond acceptors (Lipinski definition) is 2. The Balaban J connectivity index is 1.45. The number of hydrogen-bond donors (Lipinski definition) is 0. The van der Waals surface area contributed by atoms with Crippen LogP contribution in [0, 0.1) is 0 Å². The highest BCUT2D eigenvalue weighted by molar-refractivity contribution is 9.10. The van der Waals surface area contributed by atoms with Gasteiger partial charge in [-0.1, -0.05) is 78.3 Å². The highest BCUT2D eigenvalue weighted by Crippen LogP contribution is 2.50. The molecule has 2 nitrogen and oxygen atoms in total. The smallest absolute Gasteiger partial charge is 0.135 e. The monoisotopic (exact) mass is 529 g/mol. The van der Waals surface area contributed by atoms with Crippen LogP contribution in [0.5, 0.6) is 0 Å². The van der Waals surface area contributed by atoms with Crippen molar-refractivity contribution in [1.82, 2.24) is 0 Å². The van der Waals surface area contributed by atoms with Crippen LogP contribution >= 0.6 is 15.9 Å². The molecule has 36 heavy (non-hydrogen) atoms. The van der Waals surface area contributed by atoms with Gasteiger partial charge in [-0.15, -0.1) is 0 Å². The molecular formula is C33H24BrNO. The quantitative estimate of drug-likeness (QED) is 0.226. The summed E-state index contributed by atoms with van der Waals surface area (Å²) in [4.78, 5) is 2.34. The van der Waals surface area contributed by atoms with Crippen molar-refractivity contribution in [2.45, 2.75) is 19.3 Å². The van der Waals surface area contributed by atoms with E-state index in [0.717, 1.165) is 43.5 Å². The van der Waals surface area contributed by atoms with Crippen molar-refractivity contribution in [3.8, 4) is 11.1 Å². The number of para-hydroxylation sites is 1. The van der Waals surface area contributed by atoms with Gasteiger partial charge in [0.05, 0.1) is 0 Å². The maximum Gasteiger partial charge on any atom is 0.135 e. The van der Waals surface area contributed by atoms with Crippen molar-refractivity contribution < 1.29 is 4.42 Å². The van der Waals surface area contributed by atoms with E-state index in [9.17, 15) is 0 Å². The Hall–Kier alpha value is -3.82. The van der Waals surface area contributed by atoms with E-state index in [4.69, 9.17) is 4.42 Å². The highest BCUT2D eigenvalue weighted by atomic mass is 79.9. The summed E-state index contributed by atoms with van der Waals surface area (Å²) in [5.74, 6) is 0. The number of nitrogens with zero attached hydrogens (tertiary/aromatic N) is 1. The van der Waals surface area contributed by atoms with E-state index >= 15 is 0 Å². The summed E-state index contributed by atoms with van der Waals surface area (Å²) in [6, 6.07) is 39.0. The van der Waals surface area contributed by atoms with E-state index < -0.39 is 0 Å². The lowest BCUT2D eigenvalue weighted by molar-refractivity contribution is 0.660. The molecule has 6 aromatic rings. The van der Waals surface area contributed by atoms with Gasteiger partial charge >= 0.3 is 0 Å². The summed E-state index contributed by atoms with van der Waals surface area (Å²) >= 11 is 3.62. The van der Waals surface area contributed by atoms with Crippen LogP contribution in [0.2, 0.25) is 0 Å². The molecule has 1 aliphatic rings. The van der Waals surface area contributed by atoms with Gasteiger partial charge in [-0.3, -0.25) is 0 Å². The number of fused-ring (bicyclic) bond motifs is 6. The Kier molecular flexibility index (Phi) is 4.67. The molecule has 0 atom stereocenters. The molecule has 0 bridgehead atoms. The Morgan fingerprint density at radius 2 is 1.22 bits per heavy atom. The van der Waals surface area contributed by atoms with Gasteiger partial charge in [-0.05, 0) is 82.9 Å². The summed E-state index contributed by atoms with van der Waals surface area (Å²) in [6.07, 6.45) is 0. The van der Waals surface area contributed by atoms with E-state index in [-0.39, 0.29) is 5.41 Å². The van der Waals surface area contributed by atoms with Gasteiger partial charge in [0.1, 0.15) is 11.2 Å². The largest absolute Gasteiger partial charge is 0.456 e. The molecule has 0 aliphatic heterocycles. The molecule has 0 unspecified atom stereocenters. The Morgan fingerprint density at radius 1 is 0.583 bits per heavy atom. The summed E-state index contributed by atoms with van der Waals surface area (Å²) in [6.45, 7) is 4.64. The molecule has 0 saturated carbocycles. The van der Waals surface area contributed by atoms with E-state index in [1.165, 1.54) is 22.3 Å². The van der Waals surface area contributed by atoms with Crippen molar-refractivity contribution in [2.75, 3.05) is 4.90 Å². The normalized spacial score (nSPS) is 13.6. The van der Waals surface area contributed by atoms with Crippen LogP contribution in [-0.4, -0.2) is 0 Å². The van der Waals surface area contributed by atoms with Crippen LogP contribution in [0.3, 0.4) is 0 Å². The van der Waals surface area contributed by atoms with Gasteiger partial charge in [-0.2, -0.15) is 0 Å². The summed E-state index contributed by atoms with van der Waals surface area (Å²) in [5.41, 5.74) is 10.5. The lowest BCUT2D eigenvalue weighted by atomic mass is 9.82. The Morgan fingerprint density at radius 3 is 2.06 bits per heavy atom. The third kappa shape index (κ3) is 3.16. The molecule has 1 aliphatic carbocycles. The Bertz CT molecular complexity index is 1780. The van der Waals surface area contributed by atoms with Crippen molar-refractivity contribution >= 4 is 54.9 Å². The van der Waals surface area contributed by atoms with Crippen molar-refractivity contribution in [3.63, 3.8) is 0 Å². The summed E-state index contributed by atoms with van der Waals surface area (Å²) in [5, 5.41) is 2.22. The van der Waals surface area contributed by atoms with Crippen LogP contribution in [0.15, 0.2) is 118 Å². The third-order valence-electron chi connectivity index (χ3n) is 7.51. The molecular weight excluding hydrogens is 506 g/mol. The number of rotatable bonds is 3. The number of furan rings is 1. The van der Waals surface area contributed by atoms with Gasteiger partial charge in [-0.25, -0.2) is 0 Å². The molecule has 1 aromatic heterocycles. The van der Waals surface area contributed by atoms with Gasteiger partial charge in [0.2, 0.25) is 0 Å². The van der Waals surface area contributed by atoms with Crippen molar-refractivity contribution in [3.05, 3.63) is 125 Å². The van der Waals surface area contributed by atoms with E-state index in [2.05, 4.69) is 132 Å². The van der Waals surface area contributed by atoms with E-state index in [0.29, 0.717) is 0 Å². The van der Waals surface area contributed by atoms with E-state index in [1.54, 1.807) is 0 Å². The van der Waals surface area contributed by atoms with Crippen LogP contribution in [-0.2, 0) is 5.41 Å². The first-order valence-electron chi connectivity index (χ1n) is 12.2. The third-order valence-corrected chi connectivity index (χ3v) is 8.01. The standard InChI is InChI=1S/C33H24BrNO/c1-33(2)29-11-7-6-10-25(29)26-19-23(13-15-30(26)33)35(22-8-4-3-5-9-22)24-14-17-32-28(20-24)27-18-21(34)12-16-31(27)36-32/h3-20H,1-2H3. The second-order valence-corrected chi connectivity index (χ2v) is 10.9. The molecule has 5 aromatic carbocycles. The van der Waals surface area contributed by atoms with Crippen LogP contribution in [0.1, 0.15) is 25.0 Å². The maximum atomic E-state index is 6.14. The van der Waals surface area contributed by atoms with Gasteiger partial charge < -0.3 is 9.32 Å². The Labute approximate surface area is 218 Å². The molecule has 1 heterocycles. The minimum Gasteiger partial charge on any atom is -0.456 e. The first kappa shape index (κ1) is 21.5. The minimum atomic E-state index is -0.00988. The van der Waals surface area contributed by atoms with Crippen LogP contribution < -0.4 is 4.90 Å². The van der Waals surface area contributed by atoms with Gasteiger partial charge in [0.15, 0.2) is 0 Å². The van der Waals surface area contributed by atoms with Crippen LogP contribution in [0.4, 0.5) is 17.1 Å². The SMILES string of the molecule is CC1(C)c2ccccc2-c2cc(N(c3ccccc3)c3ccc4oc5ccc(Br)cc5c4c3)ccc21. The molecule has 3 heteroatoms. The van der Waals surface area contributed by atoms with Crippen LogP contribution in [0.25, 0.3) is 33.1 Å². The predicted octanol–water partition coefficient (Wildman–Crippen LogP) is 10.1. The zero-order valence-electron chi connectivity index (χ0n) is 20.1. The van der Waals surface area contributed by atoms with Crippen molar-refractivity contribution in [2.24, 2.45) is 0 Å². The average Bonchev–Trinajstić information content (AvgIpc) is 3.37. The zero-order chi connectivity index (χ0) is 24.4. The summed E-state index contributed by atoms with van der Waals surface area (Å²) in [7, 11) is 0. The second kappa shape index (κ2) is 7.84. The fraction of sp³-hybridized carbons (Fsp3) is 0.0909. The topological polar surface area (TPSA) is 16.4 Å². The first-order chi connectivity index (χ1) is 17.5. The fourth-order valence-electron chi connectivity index (χ4n) is 5.75. The molecule has 0 saturated heterocycles. The second-order valence-electron chi connectivity index (χ2n) is 9.99. The molecule has 0 spiro atoms. The predicted molar refractivity (Wildman–Crippen MR) is 154 cm³/mol. The van der Waals surface area contributed by atoms with Gasteiger partial charge in [0.25, 0.3) is 0 Å². The highest BCUT2D eigenvalue weighted by Gasteiger charge is 2.35. The lowest BCUT2D eigenvalue weighted by Gasteiger charge is -2.27. The zero-order valence-corrected chi connectivity index (χ0v) is 21.7. The molecule has 174 valence electrons. The average molecular weight is 530 g/mol. The first-order valence-corrected chi connectivity index (χ1v) is 13.0. The number of halogens is 1. The molecule has 0 fully saturated rings. The van der Waals surface area contributed by atoms with Gasteiger partial charge in [0, 0.05) is 37.7 Å². The molecule has 0 amide bonds. The summed E-state index contributed by atoms with van der Waals surface area (Å²) < 4.78 is 7.18. The maximum absolute atomic E-state index is 6.14. The fourth-order valence-corrected chi connectivity index (χ4v) is 6.11. The van der Waals surface area contributed by atoms with Crippen molar-refractivity contribution in [1.29, 1.82) is 0 Å². The lowest BCUT2D eigenvalue weighted by Crippen LogP contribution is -2.15. The number of anilines is 3. The molecule has 0 radical (unpaired) electrons. The molecule has 7 rings (SSSR count).